The Bertz CT molecular complexity index is 164. The fourth-order valence-corrected chi connectivity index (χ4v) is 3.33. The van der Waals surface area contributed by atoms with Crippen LogP contribution < -0.4 is 0 Å². The molecule has 0 rings (SSSR count). The average Bonchev–Trinajstić information content (AvgIpc) is 2.62. The topological polar surface area (TPSA) is 0 Å². The zero-order chi connectivity index (χ0) is 18.8. The Hall–Kier alpha value is 0. The van der Waals surface area contributed by atoms with Gasteiger partial charge in [0.05, 0.1) is 0 Å². The van der Waals surface area contributed by atoms with Gasteiger partial charge in [-0.05, 0) is 0 Å². The van der Waals surface area contributed by atoms with Gasteiger partial charge in [0, 0.05) is 0 Å². The van der Waals surface area contributed by atoms with Crippen molar-refractivity contribution in [1.29, 1.82) is 0 Å². The second kappa shape index (κ2) is 28.8. The SMILES string of the molecule is CCCCC.CCCCCCCCCCCCCCCCCCCC. The minimum Gasteiger partial charge on any atom is -0.0654 e. The quantitative estimate of drug-likeness (QED) is 0.202. The molecule has 0 aliphatic rings. The lowest BCUT2D eigenvalue weighted by atomic mass is 10.0. The fraction of sp³-hybridized carbons (Fsp3) is 1.00. The molecular formula is C25H54. The molecule has 0 fully saturated rings. The molecule has 0 aromatic carbocycles. The normalized spacial score (nSPS) is 10.6. The highest BCUT2D eigenvalue weighted by atomic mass is 14.0. The minimum atomic E-state index is 1.34. The summed E-state index contributed by atoms with van der Waals surface area (Å²) in [6.45, 7) is 9.02. The van der Waals surface area contributed by atoms with E-state index in [9.17, 15) is 0 Å². The van der Waals surface area contributed by atoms with Gasteiger partial charge in [-0.25, -0.2) is 0 Å². The van der Waals surface area contributed by atoms with E-state index in [4.69, 9.17) is 0 Å². The summed E-state index contributed by atoms with van der Waals surface area (Å²) in [5, 5.41) is 0. The molecule has 0 heteroatoms. The molecule has 0 saturated carbocycles. The van der Waals surface area contributed by atoms with Gasteiger partial charge in [0.25, 0.3) is 0 Å². The van der Waals surface area contributed by atoms with Crippen LogP contribution in [0.5, 0.6) is 0 Å². The highest BCUT2D eigenvalue weighted by Crippen LogP contribution is 2.14. The number of hydrogen-bond acceptors (Lipinski definition) is 0. The standard InChI is InChI=1S/C20H42.C5H12/c1-3-5-7-9-11-13-15-17-19-20-18-16-14-12-10-8-6-4-2;1-3-5-4-2/h3-20H2,1-2H3;3-5H2,1-2H3. The Balaban J connectivity index is 0. The summed E-state index contributed by atoms with van der Waals surface area (Å²) < 4.78 is 0. The van der Waals surface area contributed by atoms with E-state index < -0.39 is 0 Å². The summed E-state index contributed by atoms with van der Waals surface area (Å²) in [4.78, 5) is 0. The van der Waals surface area contributed by atoms with Crippen LogP contribution in [0.4, 0.5) is 0 Å². The molecule has 0 aromatic heterocycles. The summed E-state index contributed by atoms with van der Waals surface area (Å²) in [6, 6.07) is 0. The van der Waals surface area contributed by atoms with Crippen LogP contribution in [0.3, 0.4) is 0 Å². The third-order valence-electron chi connectivity index (χ3n) is 5.16. The van der Waals surface area contributed by atoms with Crippen molar-refractivity contribution < 1.29 is 0 Å². The maximum atomic E-state index is 2.30. The van der Waals surface area contributed by atoms with Crippen LogP contribution >= 0.6 is 0 Å². The Morgan fingerprint density at radius 1 is 0.200 bits per heavy atom. The van der Waals surface area contributed by atoms with Gasteiger partial charge in [-0.3, -0.25) is 0 Å². The molecular weight excluding hydrogens is 300 g/mol. The van der Waals surface area contributed by atoms with Crippen molar-refractivity contribution in [3.8, 4) is 0 Å². The summed E-state index contributed by atoms with van der Waals surface area (Å²) in [6.07, 6.45) is 30.5. The van der Waals surface area contributed by atoms with E-state index in [0.29, 0.717) is 0 Å². The van der Waals surface area contributed by atoms with Crippen LogP contribution in [0.15, 0.2) is 0 Å². The van der Waals surface area contributed by atoms with Gasteiger partial charge in [-0.15, -0.1) is 0 Å². The van der Waals surface area contributed by atoms with E-state index in [1.54, 1.807) is 0 Å². The van der Waals surface area contributed by atoms with Gasteiger partial charge in [0.2, 0.25) is 0 Å². The summed E-state index contributed by atoms with van der Waals surface area (Å²) in [7, 11) is 0. The van der Waals surface area contributed by atoms with Crippen LogP contribution in [0.25, 0.3) is 0 Å². The van der Waals surface area contributed by atoms with Gasteiger partial charge in [0.15, 0.2) is 0 Å². The van der Waals surface area contributed by atoms with Gasteiger partial charge in [-0.1, -0.05) is 163 Å². The van der Waals surface area contributed by atoms with Gasteiger partial charge >= 0.3 is 0 Å². The third-order valence-corrected chi connectivity index (χ3v) is 5.16. The van der Waals surface area contributed by atoms with E-state index in [1.165, 1.54) is 135 Å². The zero-order valence-corrected chi connectivity index (χ0v) is 18.8. The lowest BCUT2D eigenvalue weighted by Gasteiger charge is -2.03. The van der Waals surface area contributed by atoms with E-state index in [-0.39, 0.29) is 0 Å². The van der Waals surface area contributed by atoms with Crippen molar-refractivity contribution in [2.45, 2.75) is 163 Å². The molecule has 0 aliphatic carbocycles. The van der Waals surface area contributed by atoms with Crippen molar-refractivity contribution in [2.75, 3.05) is 0 Å². The van der Waals surface area contributed by atoms with Crippen LogP contribution in [0.1, 0.15) is 163 Å². The molecule has 25 heavy (non-hydrogen) atoms. The Morgan fingerprint density at radius 2 is 0.360 bits per heavy atom. The lowest BCUT2D eigenvalue weighted by molar-refractivity contribution is 0.526. The van der Waals surface area contributed by atoms with Crippen LogP contribution in [0.2, 0.25) is 0 Å². The Kier molecular flexibility index (Phi) is 31.3. The number of rotatable bonds is 19. The molecule has 0 nitrogen and oxygen atoms in total. The Labute approximate surface area is 163 Å². The molecule has 0 unspecified atom stereocenters. The first kappa shape index (κ1) is 27.2. The molecule has 0 aromatic rings. The molecule has 0 N–H and O–H groups in total. The molecule has 154 valence electrons. The molecule has 0 spiro atoms. The predicted octanol–water partition coefficient (Wildman–Crippen LogP) is 10.2. The maximum Gasteiger partial charge on any atom is -0.0533 e. The van der Waals surface area contributed by atoms with Crippen molar-refractivity contribution in [1.82, 2.24) is 0 Å². The summed E-state index contributed by atoms with van der Waals surface area (Å²) in [5.41, 5.74) is 0. The van der Waals surface area contributed by atoms with Crippen LogP contribution in [-0.4, -0.2) is 0 Å². The third kappa shape index (κ3) is 32.2. The molecule has 0 saturated heterocycles. The van der Waals surface area contributed by atoms with Gasteiger partial charge < -0.3 is 0 Å². The second-order valence-electron chi connectivity index (χ2n) is 8.01. The highest BCUT2D eigenvalue weighted by Gasteiger charge is 1.94. The molecule has 0 atom stereocenters. The van der Waals surface area contributed by atoms with E-state index in [1.807, 2.05) is 0 Å². The van der Waals surface area contributed by atoms with Crippen molar-refractivity contribution >= 4 is 0 Å². The van der Waals surface area contributed by atoms with Crippen molar-refractivity contribution in [2.24, 2.45) is 0 Å². The fourth-order valence-electron chi connectivity index (χ4n) is 3.33. The average molecular weight is 355 g/mol. The first-order valence-electron chi connectivity index (χ1n) is 12.3. The van der Waals surface area contributed by atoms with Crippen LogP contribution in [0, 0.1) is 0 Å². The predicted molar refractivity (Wildman–Crippen MR) is 120 cm³/mol. The number of unbranched alkanes of at least 4 members (excludes halogenated alkanes) is 19. The summed E-state index contributed by atoms with van der Waals surface area (Å²) >= 11 is 0. The zero-order valence-electron chi connectivity index (χ0n) is 18.8. The first-order chi connectivity index (χ1) is 12.3. The monoisotopic (exact) mass is 354 g/mol. The van der Waals surface area contributed by atoms with E-state index >= 15 is 0 Å². The smallest absolute Gasteiger partial charge is 0.0533 e. The molecule has 0 radical (unpaired) electrons. The van der Waals surface area contributed by atoms with Gasteiger partial charge in [-0.2, -0.15) is 0 Å². The molecule has 0 aliphatic heterocycles. The van der Waals surface area contributed by atoms with Crippen molar-refractivity contribution in [3.05, 3.63) is 0 Å². The van der Waals surface area contributed by atoms with Crippen molar-refractivity contribution in [3.63, 3.8) is 0 Å². The van der Waals surface area contributed by atoms with Crippen LogP contribution in [-0.2, 0) is 0 Å². The minimum absolute atomic E-state index is 1.34. The second-order valence-corrected chi connectivity index (χ2v) is 8.01. The van der Waals surface area contributed by atoms with E-state index in [0.717, 1.165) is 0 Å². The van der Waals surface area contributed by atoms with E-state index in [2.05, 4.69) is 27.7 Å². The Morgan fingerprint density at radius 3 is 0.480 bits per heavy atom. The maximum absolute atomic E-state index is 2.30. The summed E-state index contributed by atoms with van der Waals surface area (Å²) in [5.74, 6) is 0. The molecule has 0 amide bonds. The highest BCUT2D eigenvalue weighted by molar-refractivity contribution is 4.50. The first-order valence-corrected chi connectivity index (χ1v) is 12.3. The number of hydrogen-bond donors (Lipinski definition) is 0. The lowest BCUT2D eigenvalue weighted by Crippen LogP contribution is -1.83. The molecule has 0 heterocycles. The largest absolute Gasteiger partial charge is 0.0654 e. The molecule has 0 bridgehead atoms. The van der Waals surface area contributed by atoms with Gasteiger partial charge in [0.1, 0.15) is 0 Å².